The molecule has 80 valence electrons. The highest BCUT2D eigenvalue weighted by atomic mass is 16.2. The summed E-state index contributed by atoms with van der Waals surface area (Å²) in [6, 6.07) is 0.785. The molecule has 1 unspecified atom stereocenters. The van der Waals surface area contributed by atoms with Crippen molar-refractivity contribution < 1.29 is 4.79 Å². The summed E-state index contributed by atoms with van der Waals surface area (Å²) in [6.07, 6.45) is 4.03. The third kappa shape index (κ3) is 1.99. The molecule has 2 heteroatoms. The fourth-order valence-electron chi connectivity index (χ4n) is 2.22. The highest BCUT2D eigenvalue weighted by Gasteiger charge is 2.31. The van der Waals surface area contributed by atoms with Crippen LogP contribution in [-0.4, -0.2) is 22.9 Å². The molecule has 0 saturated carbocycles. The van der Waals surface area contributed by atoms with Crippen molar-refractivity contribution in [3.8, 4) is 0 Å². The highest BCUT2D eigenvalue weighted by molar-refractivity contribution is 5.94. The van der Waals surface area contributed by atoms with Crippen LogP contribution in [0, 0.1) is 0 Å². The normalized spacial score (nSPS) is 23.4. The van der Waals surface area contributed by atoms with Crippen LogP contribution >= 0.6 is 0 Å². The quantitative estimate of drug-likeness (QED) is 0.634. The Morgan fingerprint density at radius 2 is 2.07 bits per heavy atom. The van der Waals surface area contributed by atoms with Crippen LogP contribution in [-0.2, 0) is 4.79 Å². The van der Waals surface area contributed by atoms with Crippen LogP contribution < -0.4 is 0 Å². The molecule has 1 rings (SSSR count). The van der Waals surface area contributed by atoms with Gasteiger partial charge < -0.3 is 4.90 Å². The van der Waals surface area contributed by atoms with Gasteiger partial charge in [0, 0.05) is 17.7 Å². The largest absolute Gasteiger partial charge is 0.333 e. The van der Waals surface area contributed by atoms with E-state index in [0.29, 0.717) is 12.1 Å². The number of likely N-dealkylation sites (tertiary alicyclic amines) is 1. The second kappa shape index (κ2) is 4.63. The number of piperidine rings is 1. The Balaban J connectivity index is 2.80. The Kier molecular flexibility index (Phi) is 3.73. The Bertz CT molecular complexity index is 230. The molecule has 0 aliphatic carbocycles. The van der Waals surface area contributed by atoms with Gasteiger partial charge in [0.2, 0.25) is 5.91 Å². The lowest BCUT2D eigenvalue weighted by molar-refractivity contribution is -0.134. The minimum Gasteiger partial charge on any atom is -0.333 e. The van der Waals surface area contributed by atoms with Crippen LogP contribution in [0.25, 0.3) is 0 Å². The molecule has 0 aromatic carbocycles. The zero-order chi connectivity index (χ0) is 10.7. The van der Waals surface area contributed by atoms with E-state index in [9.17, 15) is 4.79 Å². The number of rotatable bonds is 3. The van der Waals surface area contributed by atoms with Gasteiger partial charge in [-0.05, 0) is 32.6 Å². The molecule has 1 aliphatic heterocycles. The molecule has 1 aliphatic rings. The average molecular weight is 195 g/mol. The van der Waals surface area contributed by atoms with E-state index in [-0.39, 0.29) is 5.91 Å². The molecular formula is C12H21NO. The van der Waals surface area contributed by atoms with Crippen LogP contribution in [0.2, 0.25) is 0 Å². The van der Waals surface area contributed by atoms with Crippen molar-refractivity contribution in [1.82, 2.24) is 4.90 Å². The molecule has 1 heterocycles. The van der Waals surface area contributed by atoms with Gasteiger partial charge in [-0.15, -0.1) is 0 Å². The molecule has 0 spiro atoms. The van der Waals surface area contributed by atoms with Crippen LogP contribution in [0.5, 0.6) is 0 Å². The standard InChI is InChI=1S/C12H21NO/c1-5-11(6-2)13-10(4)8-7-9(3)12(13)14/h10-11H,3,5-8H2,1-2,4H3. The van der Waals surface area contributed by atoms with E-state index >= 15 is 0 Å². The highest BCUT2D eigenvalue weighted by Crippen LogP contribution is 2.25. The molecule has 0 N–H and O–H groups in total. The van der Waals surface area contributed by atoms with Gasteiger partial charge in [0.15, 0.2) is 0 Å². The molecule has 1 atom stereocenters. The van der Waals surface area contributed by atoms with Crippen molar-refractivity contribution in [3.05, 3.63) is 12.2 Å². The summed E-state index contributed by atoms with van der Waals surface area (Å²) in [5, 5.41) is 0. The van der Waals surface area contributed by atoms with Gasteiger partial charge in [-0.1, -0.05) is 20.4 Å². The summed E-state index contributed by atoms with van der Waals surface area (Å²) < 4.78 is 0. The van der Waals surface area contributed by atoms with Crippen molar-refractivity contribution in [3.63, 3.8) is 0 Å². The Hall–Kier alpha value is -0.790. The van der Waals surface area contributed by atoms with Gasteiger partial charge >= 0.3 is 0 Å². The first-order valence-electron chi connectivity index (χ1n) is 5.62. The summed E-state index contributed by atoms with van der Waals surface area (Å²) in [5.74, 6) is 0.178. The summed E-state index contributed by atoms with van der Waals surface area (Å²) >= 11 is 0. The van der Waals surface area contributed by atoms with E-state index in [1.54, 1.807) is 0 Å². The van der Waals surface area contributed by atoms with Gasteiger partial charge in [-0.25, -0.2) is 0 Å². The number of nitrogens with zero attached hydrogens (tertiary/aromatic N) is 1. The van der Waals surface area contributed by atoms with Crippen molar-refractivity contribution in [2.24, 2.45) is 0 Å². The Labute approximate surface area is 87.0 Å². The maximum Gasteiger partial charge on any atom is 0.249 e. The van der Waals surface area contributed by atoms with E-state index in [0.717, 1.165) is 31.3 Å². The Morgan fingerprint density at radius 3 is 2.57 bits per heavy atom. The number of amides is 1. The molecule has 0 aromatic heterocycles. The number of carbonyl (C=O) groups excluding carboxylic acids is 1. The lowest BCUT2D eigenvalue weighted by Gasteiger charge is -2.39. The van der Waals surface area contributed by atoms with Crippen LogP contribution in [0.3, 0.4) is 0 Å². The summed E-state index contributed by atoms with van der Waals surface area (Å²) in [7, 11) is 0. The van der Waals surface area contributed by atoms with Crippen molar-refractivity contribution in [2.45, 2.75) is 58.5 Å². The number of hydrogen-bond donors (Lipinski definition) is 0. The first kappa shape index (κ1) is 11.3. The minimum absolute atomic E-state index is 0.178. The average Bonchev–Trinajstić information content (AvgIpc) is 2.19. The minimum atomic E-state index is 0.178. The lowest BCUT2D eigenvalue weighted by atomic mass is 9.95. The van der Waals surface area contributed by atoms with Gasteiger partial charge in [0.25, 0.3) is 0 Å². The molecule has 14 heavy (non-hydrogen) atoms. The first-order valence-corrected chi connectivity index (χ1v) is 5.62. The van der Waals surface area contributed by atoms with E-state index in [1.165, 1.54) is 0 Å². The fraction of sp³-hybridized carbons (Fsp3) is 0.750. The monoisotopic (exact) mass is 195 g/mol. The van der Waals surface area contributed by atoms with E-state index in [1.807, 2.05) is 4.90 Å². The molecule has 0 aromatic rings. The van der Waals surface area contributed by atoms with Crippen molar-refractivity contribution >= 4 is 5.91 Å². The lowest BCUT2D eigenvalue weighted by Crippen LogP contribution is -2.48. The summed E-state index contributed by atoms with van der Waals surface area (Å²) in [4.78, 5) is 14.0. The molecule has 1 fully saturated rings. The van der Waals surface area contributed by atoms with Gasteiger partial charge in [-0.3, -0.25) is 4.79 Å². The summed E-state index contributed by atoms with van der Waals surface area (Å²) in [5.41, 5.74) is 0.787. The van der Waals surface area contributed by atoms with Crippen LogP contribution in [0.4, 0.5) is 0 Å². The molecule has 1 saturated heterocycles. The van der Waals surface area contributed by atoms with Gasteiger partial charge in [-0.2, -0.15) is 0 Å². The second-order valence-corrected chi connectivity index (χ2v) is 4.17. The van der Waals surface area contributed by atoms with E-state index in [4.69, 9.17) is 0 Å². The van der Waals surface area contributed by atoms with Crippen molar-refractivity contribution in [1.29, 1.82) is 0 Å². The van der Waals surface area contributed by atoms with Gasteiger partial charge in [0.05, 0.1) is 0 Å². The molecule has 2 nitrogen and oxygen atoms in total. The maximum atomic E-state index is 11.9. The second-order valence-electron chi connectivity index (χ2n) is 4.17. The van der Waals surface area contributed by atoms with E-state index in [2.05, 4.69) is 27.4 Å². The zero-order valence-electron chi connectivity index (χ0n) is 9.55. The molecule has 0 bridgehead atoms. The smallest absolute Gasteiger partial charge is 0.249 e. The zero-order valence-corrected chi connectivity index (χ0v) is 9.55. The topological polar surface area (TPSA) is 20.3 Å². The van der Waals surface area contributed by atoms with E-state index < -0.39 is 0 Å². The fourth-order valence-corrected chi connectivity index (χ4v) is 2.22. The summed E-state index contributed by atoms with van der Waals surface area (Å²) in [6.45, 7) is 10.3. The predicted molar refractivity (Wildman–Crippen MR) is 59.1 cm³/mol. The number of carbonyl (C=O) groups is 1. The molecular weight excluding hydrogens is 174 g/mol. The number of hydrogen-bond acceptors (Lipinski definition) is 1. The van der Waals surface area contributed by atoms with Crippen LogP contribution in [0.1, 0.15) is 46.5 Å². The molecule has 1 amide bonds. The van der Waals surface area contributed by atoms with Gasteiger partial charge in [0.1, 0.15) is 0 Å². The first-order chi connectivity index (χ1) is 6.61. The third-order valence-corrected chi connectivity index (χ3v) is 3.21. The van der Waals surface area contributed by atoms with Crippen molar-refractivity contribution in [2.75, 3.05) is 0 Å². The molecule has 0 radical (unpaired) electrons. The predicted octanol–water partition coefficient (Wildman–Crippen LogP) is 2.74. The Morgan fingerprint density at radius 1 is 1.50 bits per heavy atom. The SMILES string of the molecule is C=C1CCC(C)N(C(CC)CC)C1=O. The third-order valence-electron chi connectivity index (χ3n) is 3.21. The maximum absolute atomic E-state index is 11.9. The van der Waals surface area contributed by atoms with Crippen LogP contribution in [0.15, 0.2) is 12.2 Å².